The molecular formula is C38H27F2N3O2Pt. The molecule has 4 aromatic carbocycles. The van der Waals surface area contributed by atoms with Crippen molar-refractivity contribution in [3.63, 3.8) is 0 Å². The van der Waals surface area contributed by atoms with Crippen LogP contribution in [0, 0.1) is 33.9 Å². The second-order valence-electron chi connectivity index (χ2n) is 11.2. The molecule has 5 nitrogen and oxygen atoms in total. The number of rotatable bonds is 8. The zero-order chi connectivity index (χ0) is 31.6. The van der Waals surface area contributed by atoms with Gasteiger partial charge in [0.1, 0.15) is 5.41 Å². The number of pyridine rings is 2. The first kappa shape index (κ1) is 32.5. The number of benzene rings is 4. The molecule has 0 saturated heterocycles. The molecule has 0 aliphatic carbocycles. The summed E-state index contributed by atoms with van der Waals surface area (Å²) in [5, 5.41) is 11.6. The molecule has 0 bridgehead atoms. The molecule has 0 atom stereocenters. The number of nitro benzene ring substituents is 1. The van der Waals surface area contributed by atoms with Gasteiger partial charge in [0, 0.05) is 27.7 Å². The van der Waals surface area contributed by atoms with Gasteiger partial charge in [0.15, 0.2) is 5.69 Å². The number of nitro groups is 1. The zero-order valence-corrected chi connectivity index (χ0v) is 27.1. The van der Waals surface area contributed by atoms with Crippen LogP contribution in [0.4, 0.5) is 14.5 Å². The summed E-state index contributed by atoms with van der Waals surface area (Å²) in [7, 11) is 0. The van der Waals surface area contributed by atoms with Crippen LogP contribution in [-0.4, -0.2) is 14.9 Å². The maximum absolute atomic E-state index is 15.0. The molecular weight excluding hydrogens is 764 g/mol. The molecule has 0 N–H and O–H groups in total. The summed E-state index contributed by atoms with van der Waals surface area (Å²) in [6.07, 6.45) is 0. The van der Waals surface area contributed by atoms with E-state index in [1.807, 2.05) is 98.8 Å². The molecule has 46 heavy (non-hydrogen) atoms. The Labute approximate surface area is 280 Å². The van der Waals surface area contributed by atoms with E-state index in [1.54, 1.807) is 18.2 Å². The molecule has 2 heterocycles. The maximum Gasteiger partial charge on any atom is 2.00 e. The Bertz CT molecular complexity index is 1960. The van der Waals surface area contributed by atoms with Gasteiger partial charge >= 0.3 is 21.1 Å². The van der Waals surface area contributed by atoms with Crippen LogP contribution in [0.15, 0.2) is 127 Å². The van der Waals surface area contributed by atoms with Crippen molar-refractivity contribution in [2.45, 2.75) is 24.7 Å². The van der Waals surface area contributed by atoms with Gasteiger partial charge in [-0.05, 0) is 35.0 Å². The number of hydrogen-bond acceptors (Lipinski definition) is 4. The van der Waals surface area contributed by atoms with Crippen molar-refractivity contribution in [2.24, 2.45) is 0 Å². The standard InChI is InChI=1S/C38H27F2N3O2.Pt/c1-37(2,28-16-9-17-30(24-28)43(44)45)34-19-11-21-36(42-34)38(26-12-5-3-6-13-26,27-14-7-4-8-15-27)35-20-10-18-33(41-35)31-23-22-29(39)25-32(31)40;/h3-15,17-22,24-25H,1-2H3;/q-2;+2. The number of hydrogen-bond donors (Lipinski definition) is 0. The van der Waals surface area contributed by atoms with Gasteiger partial charge in [0.25, 0.3) is 0 Å². The average Bonchev–Trinajstić information content (AvgIpc) is 3.06. The number of nitrogens with zero attached hydrogens (tertiary/aromatic N) is 3. The molecule has 0 aliphatic heterocycles. The van der Waals surface area contributed by atoms with Crippen LogP contribution in [0.3, 0.4) is 0 Å². The molecule has 0 radical (unpaired) electrons. The van der Waals surface area contributed by atoms with E-state index in [2.05, 4.69) is 12.1 Å². The minimum Gasteiger partial charge on any atom is -0.299 e. The van der Waals surface area contributed by atoms with E-state index in [9.17, 15) is 18.9 Å². The topological polar surface area (TPSA) is 68.9 Å². The second-order valence-corrected chi connectivity index (χ2v) is 11.2. The maximum atomic E-state index is 15.0. The van der Waals surface area contributed by atoms with Crippen molar-refractivity contribution >= 4 is 5.69 Å². The third-order valence-corrected chi connectivity index (χ3v) is 8.10. The fourth-order valence-corrected chi connectivity index (χ4v) is 5.75. The average molecular weight is 791 g/mol. The normalized spacial score (nSPS) is 11.5. The number of non-ortho nitro benzene ring substituents is 1. The summed E-state index contributed by atoms with van der Waals surface area (Å²) < 4.78 is 28.8. The van der Waals surface area contributed by atoms with Crippen molar-refractivity contribution in [2.75, 3.05) is 0 Å². The summed E-state index contributed by atoms with van der Waals surface area (Å²) in [5.74, 6) is -1.49. The van der Waals surface area contributed by atoms with E-state index in [0.717, 1.165) is 23.3 Å². The zero-order valence-electron chi connectivity index (χ0n) is 24.9. The second kappa shape index (κ2) is 13.2. The Morgan fingerprint density at radius 2 is 1.30 bits per heavy atom. The van der Waals surface area contributed by atoms with E-state index >= 15 is 0 Å². The fraction of sp³-hybridized carbons (Fsp3) is 0.105. The molecule has 0 aliphatic rings. The monoisotopic (exact) mass is 790 g/mol. The molecule has 0 fully saturated rings. The first-order valence-corrected chi connectivity index (χ1v) is 14.3. The smallest absolute Gasteiger partial charge is 0.299 e. The first-order chi connectivity index (χ1) is 21.7. The van der Waals surface area contributed by atoms with Gasteiger partial charge in [-0.3, -0.25) is 28.9 Å². The van der Waals surface area contributed by atoms with Crippen LogP contribution in [0.5, 0.6) is 0 Å². The van der Waals surface area contributed by atoms with E-state index in [1.165, 1.54) is 12.1 Å². The molecule has 230 valence electrons. The van der Waals surface area contributed by atoms with Crippen LogP contribution in [0.2, 0.25) is 0 Å². The Hall–Kier alpha value is -4.87. The van der Waals surface area contributed by atoms with Crippen LogP contribution in [0.1, 0.15) is 47.6 Å². The van der Waals surface area contributed by atoms with Crippen molar-refractivity contribution in [3.8, 4) is 11.3 Å². The van der Waals surface area contributed by atoms with Crippen molar-refractivity contribution in [1.29, 1.82) is 0 Å². The summed E-state index contributed by atoms with van der Waals surface area (Å²) in [4.78, 5) is 21.4. The predicted octanol–water partition coefficient (Wildman–Crippen LogP) is 8.64. The van der Waals surface area contributed by atoms with Crippen LogP contribution in [0.25, 0.3) is 11.3 Å². The van der Waals surface area contributed by atoms with Crippen molar-refractivity contribution in [3.05, 3.63) is 195 Å². The molecule has 6 rings (SSSR count). The van der Waals surface area contributed by atoms with Gasteiger partial charge in [0.05, 0.1) is 11.4 Å². The molecule has 0 unspecified atom stereocenters. The SMILES string of the molecule is CC(C)(c1[c-]ccc([N+](=O)[O-])c1)c1cccc(C(c2ccccc2)(c2ccccc2)c2cccc(-c3[c-]cc(F)cc3F)n2)n1.[Pt+2]. The number of halogens is 2. The molecule has 8 heteroatoms. The molecule has 0 spiro atoms. The Morgan fingerprint density at radius 1 is 0.717 bits per heavy atom. The van der Waals surface area contributed by atoms with Gasteiger partial charge in [-0.1, -0.05) is 116 Å². The predicted molar refractivity (Wildman–Crippen MR) is 169 cm³/mol. The summed E-state index contributed by atoms with van der Waals surface area (Å²) in [5.41, 5.74) is 2.72. The largest absolute Gasteiger partial charge is 2.00 e. The van der Waals surface area contributed by atoms with E-state index in [0.29, 0.717) is 28.3 Å². The third-order valence-electron chi connectivity index (χ3n) is 8.10. The van der Waals surface area contributed by atoms with Gasteiger partial charge in [0.2, 0.25) is 0 Å². The van der Waals surface area contributed by atoms with E-state index < -0.39 is 27.4 Å². The Kier molecular flexibility index (Phi) is 9.36. The van der Waals surface area contributed by atoms with Gasteiger partial charge in [-0.2, -0.15) is 12.1 Å². The molecule has 0 amide bonds. The fourth-order valence-electron chi connectivity index (χ4n) is 5.75. The quantitative estimate of drug-likeness (QED) is 0.0880. The number of aromatic nitrogens is 2. The third kappa shape index (κ3) is 5.91. The van der Waals surface area contributed by atoms with Crippen LogP contribution >= 0.6 is 0 Å². The molecule has 6 aromatic rings. The minimum atomic E-state index is -1.08. The molecule has 2 aromatic heterocycles. The summed E-state index contributed by atoms with van der Waals surface area (Å²) in [6, 6.07) is 43.0. The van der Waals surface area contributed by atoms with Gasteiger partial charge in [-0.25, -0.2) is 0 Å². The Balaban J connectivity index is 0.00000417. The summed E-state index contributed by atoms with van der Waals surface area (Å²) in [6.45, 7) is 3.90. The van der Waals surface area contributed by atoms with E-state index in [4.69, 9.17) is 9.97 Å². The van der Waals surface area contributed by atoms with Gasteiger partial charge < -0.3 is 0 Å². The van der Waals surface area contributed by atoms with Gasteiger partial charge in [-0.15, -0.1) is 17.7 Å². The Morgan fingerprint density at radius 3 is 1.91 bits per heavy atom. The minimum absolute atomic E-state index is 0. The van der Waals surface area contributed by atoms with Crippen LogP contribution in [-0.2, 0) is 31.9 Å². The van der Waals surface area contributed by atoms with Crippen LogP contribution < -0.4 is 0 Å². The first-order valence-electron chi connectivity index (χ1n) is 14.3. The molecule has 0 saturated carbocycles. The summed E-state index contributed by atoms with van der Waals surface area (Å²) >= 11 is 0. The van der Waals surface area contributed by atoms with E-state index in [-0.39, 0.29) is 32.3 Å². The van der Waals surface area contributed by atoms with Crippen molar-refractivity contribution < 1.29 is 34.8 Å². The van der Waals surface area contributed by atoms with Crippen molar-refractivity contribution in [1.82, 2.24) is 9.97 Å².